The van der Waals surface area contributed by atoms with Gasteiger partial charge in [-0.15, -0.1) is 0 Å². The monoisotopic (exact) mass is 471 g/mol. The lowest BCUT2D eigenvalue weighted by Gasteiger charge is -2.34. The number of rotatable bonds is 7. The number of hydrogen-bond acceptors (Lipinski definition) is 6. The Bertz CT molecular complexity index is 1280. The predicted octanol–water partition coefficient (Wildman–Crippen LogP) is 5.86. The molecule has 1 aliphatic heterocycles. The van der Waals surface area contributed by atoms with Crippen molar-refractivity contribution in [3.05, 3.63) is 88.6 Å². The van der Waals surface area contributed by atoms with Crippen molar-refractivity contribution in [3.8, 4) is 23.0 Å². The fourth-order valence-electron chi connectivity index (χ4n) is 4.95. The lowest BCUT2D eigenvalue weighted by Crippen LogP contribution is -2.27. The van der Waals surface area contributed by atoms with Gasteiger partial charge in [-0.2, -0.15) is 0 Å². The Balaban J connectivity index is 1.57. The topological polar surface area (TPSA) is 66.0 Å². The van der Waals surface area contributed by atoms with E-state index in [1.54, 1.807) is 21.3 Å². The second kappa shape index (κ2) is 9.74. The van der Waals surface area contributed by atoms with Crippen LogP contribution in [0.1, 0.15) is 41.9 Å². The molecule has 1 atom stereocenters. The Morgan fingerprint density at radius 2 is 1.54 bits per heavy atom. The van der Waals surface area contributed by atoms with E-state index in [-0.39, 0.29) is 11.7 Å². The zero-order chi connectivity index (χ0) is 24.4. The fourth-order valence-corrected chi connectivity index (χ4v) is 4.95. The van der Waals surface area contributed by atoms with Crippen molar-refractivity contribution in [2.75, 3.05) is 26.6 Å². The van der Waals surface area contributed by atoms with Crippen molar-refractivity contribution in [2.24, 2.45) is 0 Å². The highest BCUT2D eigenvalue weighted by atomic mass is 16.5. The fraction of sp³-hybridized carbons (Fsp3) is 0.276. The van der Waals surface area contributed by atoms with E-state index in [9.17, 15) is 4.79 Å². The molecule has 3 aromatic carbocycles. The summed E-state index contributed by atoms with van der Waals surface area (Å²) in [5, 5.41) is 3.50. The van der Waals surface area contributed by atoms with Gasteiger partial charge in [0, 0.05) is 35.4 Å². The third kappa shape index (κ3) is 4.32. The molecule has 0 aromatic heterocycles. The zero-order valence-electron chi connectivity index (χ0n) is 20.2. The normalized spacial score (nSPS) is 16.7. The lowest BCUT2D eigenvalue weighted by atomic mass is 9.75. The Kier molecular flexibility index (Phi) is 6.36. The lowest BCUT2D eigenvalue weighted by molar-refractivity contribution is -0.116. The van der Waals surface area contributed by atoms with Crippen LogP contribution in [0.3, 0.4) is 0 Å². The number of ether oxygens (including phenoxy) is 4. The number of anilines is 1. The van der Waals surface area contributed by atoms with E-state index in [0.29, 0.717) is 36.0 Å². The number of carbonyl (C=O) groups is 1. The van der Waals surface area contributed by atoms with Gasteiger partial charge >= 0.3 is 0 Å². The molecule has 5 rings (SSSR count). The third-order valence-corrected chi connectivity index (χ3v) is 6.66. The van der Waals surface area contributed by atoms with E-state index in [4.69, 9.17) is 18.9 Å². The summed E-state index contributed by atoms with van der Waals surface area (Å²) in [6.07, 6.45) is 2.23. The number of Topliss-reactive ketones (excluding diaryl/α,β-unsaturated/α-hetero) is 1. The molecule has 0 fully saturated rings. The maximum Gasteiger partial charge on any atom is 0.162 e. The molecule has 6 heteroatoms. The highest BCUT2D eigenvalue weighted by Crippen LogP contribution is 2.49. The Morgan fingerprint density at radius 3 is 2.29 bits per heavy atom. The summed E-state index contributed by atoms with van der Waals surface area (Å²) in [6.45, 7) is 0.442. The van der Waals surface area contributed by atoms with Gasteiger partial charge in [-0.3, -0.25) is 4.79 Å². The second-order valence-corrected chi connectivity index (χ2v) is 8.71. The molecule has 1 aliphatic carbocycles. The van der Waals surface area contributed by atoms with Crippen molar-refractivity contribution in [1.29, 1.82) is 0 Å². The van der Waals surface area contributed by atoms with Crippen LogP contribution >= 0.6 is 0 Å². The van der Waals surface area contributed by atoms with E-state index < -0.39 is 0 Å². The van der Waals surface area contributed by atoms with E-state index in [2.05, 4.69) is 5.32 Å². The van der Waals surface area contributed by atoms with Gasteiger partial charge in [-0.05, 0) is 47.7 Å². The van der Waals surface area contributed by atoms with Crippen molar-refractivity contribution in [2.45, 2.75) is 31.8 Å². The number of carbonyl (C=O) groups excluding carboxylic acids is 1. The highest BCUT2D eigenvalue weighted by Gasteiger charge is 2.36. The molecule has 3 aromatic rings. The molecule has 0 saturated carbocycles. The Labute approximate surface area is 205 Å². The highest BCUT2D eigenvalue weighted by molar-refractivity contribution is 6.01. The van der Waals surface area contributed by atoms with Gasteiger partial charge in [0.05, 0.1) is 21.3 Å². The summed E-state index contributed by atoms with van der Waals surface area (Å²) >= 11 is 0. The van der Waals surface area contributed by atoms with Crippen LogP contribution in [-0.2, 0) is 11.4 Å². The molecule has 1 heterocycles. The molecule has 0 radical (unpaired) electrons. The number of nitrogens with one attached hydrogen (secondary N) is 1. The largest absolute Gasteiger partial charge is 0.493 e. The smallest absolute Gasteiger partial charge is 0.162 e. The quantitative estimate of drug-likeness (QED) is 0.466. The van der Waals surface area contributed by atoms with Crippen LogP contribution in [0.5, 0.6) is 23.0 Å². The second-order valence-electron chi connectivity index (χ2n) is 8.71. The summed E-state index contributed by atoms with van der Waals surface area (Å²) in [7, 11) is 4.88. The van der Waals surface area contributed by atoms with Gasteiger partial charge in [-0.25, -0.2) is 0 Å². The molecule has 0 amide bonds. The molecule has 1 unspecified atom stereocenters. The summed E-state index contributed by atoms with van der Waals surface area (Å²) in [6, 6.07) is 19.8. The van der Waals surface area contributed by atoms with Crippen LogP contribution in [0.4, 0.5) is 5.69 Å². The maximum atomic E-state index is 13.2. The molecule has 0 spiro atoms. The van der Waals surface area contributed by atoms with E-state index in [0.717, 1.165) is 46.5 Å². The summed E-state index contributed by atoms with van der Waals surface area (Å²) < 4.78 is 22.9. The molecule has 35 heavy (non-hydrogen) atoms. The first-order valence-electron chi connectivity index (χ1n) is 11.8. The minimum atomic E-state index is -0.245. The number of allylic oxidation sites excluding steroid dienone is 2. The number of hydrogen-bond donors (Lipinski definition) is 1. The van der Waals surface area contributed by atoms with Crippen LogP contribution < -0.4 is 24.3 Å². The van der Waals surface area contributed by atoms with Gasteiger partial charge < -0.3 is 24.3 Å². The molecule has 0 saturated heterocycles. The molecule has 180 valence electrons. The van der Waals surface area contributed by atoms with Gasteiger partial charge in [0.15, 0.2) is 28.8 Å². The third-order valence-electron chi connectivity index (χ3n) is 6.66. The minimum absolute atomic E-state index is 0.174. The van der Waals surface area contributed by atoms with Crippen LogP contribution in [0, 0.1) is 0 Å². The van der Waals surface area contributed by atoms with Gasteiger partial charge in [-0.1, -0.05) is 36.4 Å². The standard InChI is InChI=1S/C29H29NO5/c1-32-25-14-19(12-13-24(25)35-17-18-8-5-4-6-9-18)28-20-15-26(33-2)27(34-3)16-22(20)30-21-10-7-11-23(31)29(21)28/h4-6,8-9,12-16,28,30H,7,10-11,17H2,1-3H3. The number of benzene rings is 3. The van der Waals surface area contributed by atoms with Crippen LogP contribution in [0.15, 0.2) is 71.9 Å². The summed E-state index contributed by atoms with van der Waals surface area (Å²) in [4.78, 5) is 13.2. The first-order chi connectivity index (χ1) is 17.1. The van der Waals surface area contributed by atoms with Gasteiger partial charge in [0.2, 0.25) is 0 Å². The predicted molar refractivity (Wildman–Crippen MR) is 135 cm³/mol. The van der Waals surface area contributed by atoms with Crippen LogP contribution in [0.25, 0.3) is 0 Å². The molecule has 0 bridgehead atoms. The first-order valence-corrected chi connectivity index (χ1v) is 11.8. The van der Waals surface area contributed by atoms with Gasteiger partial charge in [0.25, 0.3) is 0 Å². The van der Waals surface area contributed by atoms with E-state index >= 15 is 0 Å². The van der Waals surface area contributed by atoms with Crippen LogP contribution in [-0.4, -0.2) is 27.1 Å². The number of fused-ring (bicyclic) bond motifs is 1. The Morgan fingerprint density at radius 1 is 0.829 bits per heavy atom. The molecule has 6 nitrogen and oxygen atoms in total. The van der Waals surface area contributed by atoms with Crippen molar-refractivity contribution >= 4 is 11.5 Å². The molecular formula is C29H29NO5. The molecule has 1 N–H and O–H groups in total. The molecule has 2 aliphatic rings. The summed E-state index contributed by atoms with van der Waals surface area (Å²) in [5.74, 6) is 2.49. The zero-order valence-corrected chi connectivity index (χ0v) is 20.2. The SMILES string of the molecule is COc1cc2c(cc1OC)C(c1ccc(OCc3ccccc3)c(OC)c1)C1=C(CCCC1=O)N2. The van der Waals surface area contributed by atoms with E-state index in [1.807, 2.05) is 60.7 Å². The van der Waals surface area contributed by atoms with Crippen LogP contribution in [0.2, 0.25) is 0 Å². The van der Waals surface area contributed by atoms with Crippen molar-refractivity contribution in [1.82, 2.24) is 0 Å². The Hall–Kier alpha value is -3.93. The number of ketones is 1. The maximum absolute atomic E-state index is 13.2. The number of methoxy groups -OCH3 is 3. The van der Waals surface area contributed by atoms with Crippen molar-refractivity contribution < 1.29 is 23.7 Å². The summed E-state index contributed by atoms with van der Waals surface area (Å²) in [5.41, 5.74) is 5.73. The van der Waals surface area contributed by atoms with Gasteiger partial charge in [0.1, 0.15) is 6.61 Å². The average molecular weight is 472 g/mol. The average Bonchev–Trinajstić information content (AvgIpc) is 2.90. The first kappa shape index (κ1) is 22.8. The van der Waals surface area contributed by atoms with Crippen molar-refractivity contribution in [3.63, 3.8) is 0 Å². The minimum Gasteiger partial charge on any atom is -0.493 e. The molecular weight excluding hydrogens is 442 g/mol. The van der Waals surface area contributed by atoms with E-state index in [1.165, 1.54) is 0 Å².